The summed E-state index contributed by atoms with van der Waals surface area (Å²) in [5.41, 5.74) is 2.01. The summed E-state index contributed by atoms with van der Waals surface area (Å²) < 4.78 is 12.9. The van der Waals surface area contributed by atoms with E-state index in [9.17, 15) is 4.39 Å². The fourth-order valence-corrected chi connectivity index (χ4v) is 4.05. The van der Waals surface area contributed by atoms with E-state index < -0.39 is 0 Å². The van der Waals surface area contributed by atoms with E-state index in [1.807, 2.05) is 12.1 Å². The number of hydrogen-bond donors (Lipinski definition) is 0. The Morgan fingerprint density at radius 1 is 0.941 bits per heavy atom. The molecule has 2 aliphatic carbocycles. The summed E-state index contributed by atoms with van der Waals surface area (Å²) in [6.07, 6.45) is 11.2. The van der Waals surface area contributed by atoms with Gasteiger partial charge in [-0.05, 0) is 61.1 Å². The van der Waals surface area contributed by atoms with Crippen LogP contribution >= 0.6 is 0 Å². The predicted octanol–water partition coefficient (Wildman–Crippen LogP) is 5.04. The minimum absolute atomic E-state index is 0.111. The van der Waals surface area contributed by atoms with E-state index in [0.717, 1.165) is 0 Å². The van der Waals surface area contributed by atoms with Crippen LogP contribution in [0.1, 0.15) is 62.8 Å². The zero-order valence-corrected chi connectivity index (χ0v) is 10.4. The molecule has 0 aliphatic heterocycles. The van der Waals surface area contributed by atoms with E-state index in [4.69, 9.17) is 0 Å². The van der Waals surface area contributed by atoms with Crippen molar-refractivity contribution >= 4 is 0 Å². The summed E-state index contributed by atoms with van der Waals surface area (Å²) in [6.45, 7) is 0. The van der Waals surface area contributed by atoms with Gasteiger partial charge in [0.1, 0.15) is 5.82 Å². The fraction of sp³-hybridized carbons (Fsp3) is 0.625. The van der Waals surface area contributed by atoms with Crippen LogP contribution in [-0.4, -0.2) is 0 Å². The molecule has 1 heteroatoms. The van der Waals surface area contributed by atoms with E-state index in [-0.39, 0.29) is 5.82 Å². The number of hydrogen-bond acceptors (Lipinski definition) is 0. The molecule has 92 valence electrons. The average Bonchev–Trinajstić information content (AvgIpc) is 2.78. The highest BCUT2D eigenvalue weighted by Gasteiger charge is 2.38. The van der Waals surface area contributed by atoms with Gasteiger partial charge in [-0.25, -0.2) is 4.39 Å². The molecule has 0 amide bonds. The summed E-state index contributed by atoms with van der Waals surface area (Å²) >= 11 is 0. The van der Waals surface area contributed by atoms with E-state index >= 15 is 0 Å². The molecule has 2 aliphatic rings. The smallest absolute Gasteiger partial charge is 0.123 e. The first-order chi connectivity index (χ1) is 8.27. The third kappa shape index (κ3) is 2.25. The summed E-state index contributed by atoms with van der Waals surface area (Å²) in [4.78, 5) is 0. The molecule has 1 aromatic carbocycles. The lowest BCUT2D eigenvalue weighted by atomic mass is 9.67. The molecule has 1 unspecified atom stereocenters. The highest BCUT2D eigenvalue weighted by Crippen LogP contribution is 2.52. The van der Waals surface area contributed by atoms with Crippen LogP contribution in [0.2, 0.25) is 0 Å². The molecular formula is C16H21F. The van der Waals surface area contributed by atoms with E-state index in [0.29, 0.717) is 11.3 Å². The molecule has 2 saturated carbocycles. The highest BCUT2D eigenvalue weighted by molar-refractivity contribution is 5.21. The van der Waals surface area contributed by atoms with Crippen LogP contribution in [0.15, 0.2) is 24.3 Å². The Morgan fingerprint density at radius 2 is 1.59 bits per heavy atom. The van der Waals surface area contributed by atoms with Gasteiger partial charge in [-0.15, -0.1) is 0 Å². The summed E-state index contributed by atoms with van der Waals surface area (Å²) in [5, 5.41) is 0. The van der Waals surface area contributed by atoms with Gasteiger partial charge >= 0.3 is 0 Å². The SMILES string of the molecule is Fc1ccc(C2CCCC3(CCCC3)C2)cc1. The highest BCUT2D eigenvalue weighted by atomic mass is 19.1. The van der Waals surface area contributed by atoms with E-state index in [2.05, 4.69) is 0 Å². The van der Waals surface area contributed by atoms with Crippen LogP contribution in [0, 0.1) is 11.2 Å². The lowest BCUT2D eigenvalue weighted by molar-refractivity contribution is 0.176. The van der Waals surface area contributed by atoms with E-state index in [1.54, 1.807) is 12.1 Å². The quantitative estimate of drug-likeness (QED) is 0.636. The third-order valence-corrected chi connectivity index (χ3v) is 4.94. The van der Waals surface area contributed by atoms with Gasteiger partial charge in [0, 0.05) is 0 Å². The van der Waals surface area contributed by atoms with Crippen LogP contribution in [0.4, 0.5) is 4.39 Å². The molecular weight excluding hydrogens is 211 g/mol. The van der Waals surface area contributed by atoms with Crippen molar-refractivity contribution in [3.8, 4) is 0 Å². The molecule has 2 fully saturated rings. The summed E-state index contributed by atoms with van der Waals surface area (Å²) in [6, 6.07) is 7.22. The molecule has 0 heterocycles. The molecule has 0 nitrogen and oxygen atoms in total. The van der Waals surface area contributed by atoms with Crippen molar-refractivity contribution in [3.05, 3.63) is 35.6 Å². The second-order valence-electron chi connectivity index (χ2n) is 6.05. The molecule has 1 spiro atoms. The maximum atomic E-state index is 12.9. The largest absolute Gasteiger partial charge is 0.207 e. The standard InChI is InChI=1S/C16H21F/c17-15-7-5-13(6-8-15)14-4-3-11-16(12-14)9-1-2-10-16/h5-8,14H,1-4,9-12H2. The molecule has 0 radical (unpaired) electrons. The van der Waals surface area contributed by atoms with Crippen LogP contribution in [0.3, 0.4) is 0 Å². The van der Waals surface area contributed by atoms with Gasteiger partial charge in [0.25, 0.3) is 0 Å². The summed E-state index contributed by atoms with van der Waals surface area (Å²) in [5.74, 6) is 0.572. The van der Waals surface area contributed by atoms with Gasteiger partial charge < -0.3 is 0 Å². The van der Waals surface area contributed by atoms with Crippen molar-refractivity contribution in [1.29, 1.82) is 0 Å². The van der Waals surface area contributed by atoms with Crippen molar-refractivity contribution < 1.29 is 4.39 Å². The minimum Gasteiger partial charge on any atom is -0.207 e. The molecule has 0 bridgehead atoms. The first-order valence-electron chi connectivity index (χ1n) is 7.03. The lowest BCUT2D eigenvalue weighted by Gasteiger charge is -2.38. The Balaban J connectivity index is 1.77. The first kappa shape index (κ1) is 11.3. The molecule has 1 aromatic rings. The van der Waals surface area contributed by atoms with Gasteiger partial charge in [-0.2, -0.15) is 0 Å². The number of halogens is 1. The maximum Gasteiger partial charge on any atom is 0.123 e. The molecule has 1 atom stereocenters. The van der Waals surface area contributed by atoms with Crippen molar-refractivity contribution in [2.75, 3.05) is 0 Å². The molecule has 3 rings (SSSR count). The van der Waals surface area contributed by atoms with Gasteiger partial charge in [0.2, 0.25) is 0 Å². The molecule has 0 aromatic heterocycles. The van der Waals surface area contributed by atoms with Crippen molar-refractivity contribution in [3.63, 3.8) is 0 Å². The Kier molecular flexibility index (Phi) is 2.94. The van der Waals surface area contributed by atoms with E-state index in [1.165, 1.54) is 56.9 Å². The van der Waals surface area contributed by atoms with Gasteiger partial charge in [-0.1, -0.05) is 31.4 Å². The van der Waals surface area contributed by atoms with Crippen LogP contribution < -0.4 is 0 Å². The average molecular weight is 232 g/mol. The second kappa shape index (κ2) is 4.44. The van der Waals surface area contributed by atoms with Crippen molar-refractivity contribution in [2.45, 2.75) is 57.3 Å². The van der Waals surface area contributed by atoms with Gasteiger partial charge in [0.05, 0.1) is 0 Å². The topological polar surface area (TPSA) is 0 Å². The second-order valence-corrected chi connectivity index (χ2v) is 6.05. The Labute approximate surface area is 103 Å². The summed E-state index contributed by atoms with van der Waals surface area (Å²) in [7, 11) is 0. The van der Waals surface area contributed by atoms with Crippen LogP contribution in [0.5, 0.6) is 0 Å². The Hall–Kier alpha value is -0.850. The fourth-order valence-electron chi connectivity index (χ4n) is 4.05. The number of benzene rings is 1. The normalized spacial score (nSPS) is 27.5. The predicted molar refractivity (Wildman–Crippen MR) is 68.5 cm³/mol. The third-order valence-electron chi connectivity index (χ3n) is 4.94. The van der Waals surface area contributed by atoms with Gasteiger partial charge in [0.15, 0.2) is 0 Å². The van der Waals surface area contributed by atoms with Gasteiger partial charge in [-0.3, -0.25) is 0 Å². The Morgan fingerprint density at radius 3 is 2.29 bits per heavy atom. The van der Waals surface area contributed by atoms with Crippen molar-refractivity contribution in [1.82, 2.24) is 0 Å². The number of rotatable bonds is 1. The molecule has 0 N–H and O–H groups in total. The zero-order valence-electron chi connectivity index (χ0n) is 10.4. The van der Waals surface area contributed by atoms with Crippen molar-refractivity contribution in [2.24, 2.45) is 5.41 Å². The minimum atomic E-state index is -0.111. The zero-order chi connectivity index (χ0) is 11.7. The first-order valence-corrected chi connectivity index (χ1v) is 7.03. The van der Waals surface area contributed by atoms with Crippen LogP contribution in [-0.2, 0) is 0 Å². The lowest BCUT2D eigenvalue weighted by Crippen LogP contribution is -2.24. The molecule has 17 heavy (non-hydrogen) atoms. The molecule has 0 saturated heterocycles. The van der Waals surface area contributed by atoms with Crippen LogP contribution in [0.25, 0.3) is 0 Å². The monoisotopic (exact) mass is 232 g/mol. The Bertz CT molecular complexity index is 373. The maximum absolute atomic E-state index is 12.9.